The third kappa shape index (κ3) is 4.76. The fraction of sp³-hybridized carbons (Fsp3) is 0.300. The molecule has 0 aliphatic rings. The Labute approximate surface area is 158 Å². The highest BCUT2D eigenvalue weighted by Crippen LogP contribution is 2.21. The highest BCUT2D eigenvalue weighted by atomic mass is 35.5. The minimum absolute atomic E-state index is 0.0961. The van der Waals surface area contributed by atoms with Crippen LogP contribution in [0.15, 0.2) is 42.5 Å². The normalized spacial score (nSPS) is 11.8. The Morgan fingerprint density at radius 2 is 1.81 bits per heavy atom. The number of hydrogen-bond donors (Lipinski definition) is 2. The summed E-state index contributed by atoms with van der Waals surface area (Å²) < 4.78 is 5.22. The quantitative estimate of drug-likeness (QED) is 0.801. The number of carbonyl (C=O) groups is 2. The van der Waals surface area contributed by atoms with Crippen molar-refractivity contribution in [2.24, 2.45) is 5.92 Å². The second-order valence-electron chi connectivity index (χ2n) is 6.34. The van der Waals surface area contributed by atoms with Crippen LogP contribution in [-0.4, -0.2) is 25.0 Å². The van der Waals surface area contributed by atoms with Crippen molar-refractivity contribution >= 4 is 29.1 Å². The Morgan fingerprint density at radius 3 is 2.42 bits per heavy atom. The van der Waals surface area contributed by atoms with Crippen molar-refractivity contribution in [1.82, 2.24) is 5.32 Å². The zero-order valence-electron chi connectivity index (χ0n) is 15.3. The van der Waals surface area contributed by atoms with Crippen LogP contribution in [0.5, 0.6) is 5.75 Å². The standard InChI is InChI=1S/C20H23ClN2O3/c1-12(2)18(20(25)22-16-10-9-14(21)11-13(16)3)23-19(24)15-7-5-6-8-17(15)26-4/h5-12,18H,1-4H3,(H,22,25)(H,23,24). The van der Waals surface area contributed by atoms with E-state index in [2.05, 4.69) is 10.6 Å². The highest BCUT2D eigenvalue weighted by molar-refractivity contribution is 6.30. The summed E-state index contributed by atoms with van der Waals surface area (Å²) in [6.45, 7) is 5.61. The molecule has 2 aromatic rings. The molecule has 2 N–H and O–H groups in total. The van der Waals surface area contributed by atoms with Gasteiger partial charge in [0.15, 0.2) is 0 Å². The molecule has 0 saturated carbocycles. The van der Waals surface area contributed by atoms with Gasteiger partial charge in [0.05, 0.1) is 12.7 Å². The van der Waals surface area contributed by atoms with Gasteiger partial charge >= 0.3 is 0 Å². The molecule has 0 saturated heterocycles. The second kappa shape index (κ2) is 8.72. The summed E-state index contributed by atoms with van der Waals surface area (Å²) in [5.74, 6) is -0.277. The zero-order chi connectivity index (χ0) is 19.3. The van der Waals surface area contributed by atoms with Gasteiger partial charge in [0.25, 0.3) is 5.91 Å². The zero-order valence-corrected chi connectivity index (χ0v) is 16.1. The molecule has 1 atom stereocenters. The minimum Gasteiger partial charge on any atom is -0.496 e. The molecule has 0 heterocycles. The molecule has 138 valence electrons. The predicted octanol–water partition coefficient (Wildman–Crippen LogP) is 4.05. The van der Waals surface area contributed by atoms with Gasteiger partial charge in [0.2, 0.25) is 5.91 Å². The van der Waals surface area contributed by atoms with E-state index in [-0.39, 0.29) is 17.7 Å². The number of rotatable bonds is 6. The van der Waals surface area contributed by atoms with Crippen molar-refractivity contribution in [3.63, 3.8) is 0 Å². The number of aryl methyl sites for hydroxylation is 1. The van der Waals surface area contributed by atoms with E-state index < -0.39 is 6.04 Å². The van der Waals surface area contributed by atoms with Gasteiger partial charge in [-0.1, -0.05) is 37.6 Å². The van der Waals surface area contributed by atoms with Crippen molar-refractivity contribution in [2.45, 2.75) is 26.8 Å². The molecule has 0 aliphatic heterocycles. The molecular formula is C20H23ClN2O3. The molecule has 0 aliphatic carbocycles. The minimum atomic E-state index is -0.692. The van der Waals surface area contributed by atoms with Gasteiger partial charge in [0, 0.05) is 10.7 Å². The lowest BCUT2D eigenvalue weighted by Crippen LogP contribution is -2.47. The number of halogens is 1. The smallest absolute Gasteiger partial charge is 0.255 e. The summed E-state index contributed by atoms with van der Waals surface area (Å²) in [5.41, 5.74) is 1.90. The third-order valence-electron chi connectivity index (χ3n) is 4.03. The number of nitrogens with one attached hydrogen (secondary N) is 2. The summed E-state index contributed by atoms with van der Waals surface area (Å²) in [6.07, 6.45) is 0. The first-order chi connectivity index (χ1) is 12.3. The van der Waals surface area contributed by atoms with Crippen molar-refractivity contribution < 1.29 is 14.3 Å². The lowest BCUT2D eigenvalue weighted by atomic mass is 10.0. The van der Waals surface area contributed by atoms with Gasteiger partial charge in [0.1, 0.15) is 11.8 Å². The van der Waals surface area contributed by atoms with E-state index in [1.807, 2.05) is 20.8 Å². The van der Waals surface area contributed by atoms with E-state index in [0.29, 0.717) is 22.0 Å². The number of methoxy groups -OCH3 is 1. The third-order valence-corrected chi connectivity index (χ3v) is 4.27. The molecule has 5 nitrogen and oxygen atoms in total. The van der Waals surface area contributed by atoms with Crippen LogP contribution in [-0.2, 0) is 4.79 Å². The number of para-hydroxylation sites is 1. The number of benzene rings is 2. The van der Waals surface area contributed by atoms with Gasteiger partial charge in [-0.15, -0.1) is 0 Å². The van der Waals surface area contributed by atoms with Crippen molar-refractivity contribution in [3.05, 3.63) is 58.6 Å². The summed E-state index contributed by atoms with van der Waals surface area (Å²) in [7, 11) is 1.50. The Morgan fingerprint density at radius 1 is 1.12 bits per heavy atom. The average molecular weight is 375 g/mol. The van der Waals surface area contributed by atoms with E-state index in [0.717, 1.165) is 5.56 Å². The van der Waals surface area contributed by atoms with E-state index in [1.165, 1.54) is 7.11 Å². The van der Waals surface area contributed by atoms with Gasteiger partial charge < -0.3 is 15.4 Å². The number of hydrogen-bond acceptors (Lipinski definition) is 3. The molecule has 1 unspecified atom stereocenters. The van der Waals surface area contributed by atoms with Crippen LogP contribution in [0.2, 0.25) is 5.02 Å². The van der Waals surface area contributed by atoms with Gasteiger partial charge in [-0.2, -0.15) is 0 Å². The monoisotopic (exact) mass is 374 g/mol. The molecule has 26 heavy (non-hydrogen) atoms. The average Bonchev–Trinajstić information content (AvgIpc) is 2.61. The van der Waals surface area contributed by atoms with Crippen LogP contribution < -0.4 is 15.4 Å². The summed E-state index contributed by atoms with van der Waals surface area (Å²) in [4.78, 5) is 25.3. The van der Waals surface area contributed by atoms with Crippen LogP contribution in [0.3, 0.4) is 0 Å². The maximum absolute atomic E-state index is 12.7. The molecule has 2 rings (SSSR count). The number of amides is 2. The van der Waals surface area contributed by atoms with Crippen molar-refractivity contribution in [3.8, 4) is 5.75 Å². The van der Waals surface area contributed by atoms with Crippen LogP contribution in [0.4, 0.5) is 5.69 Å². The van der Waals surface area contributed by atoms with E-state index >= 15 is 0 Å². The van der Waals surface area contributed by atoms with Gasteiger partial charge in [-0.3, -0.25) is 9.59 Å². The molecule has 0 fully saturated rings. The Balaban J connectivity index is 2.17. The van der Waals surface area contributed by atoms with Crippen LogP contribution in [0, 0.1) is 12.8 Å². The molecule has 2 amide bonds. The van der Waals surface area contributed by atoms with Crippen molar-refractivity contribution in [1.29, 1.82) is 0 Å². The first-order valence-corrected chi connectivity index (χ1v) is 8.72. The Kier molecular flexibility index (Phi) is 6.64. The largest absolute Gasteiger partial charge is 0.496 e. The maximum Gasteiger partial charge on any atom is 0.255 e. The number of carbonyl (C=O) groups excluding carboxylic acids is 2. The molecule has 0 bridgehead atoms. The Hall–Kier alpha value is -2.53. The number of anilines is 1. The molecule has 0 aromatic heterocycles. The van der Waals surface area contributed by atoms with Crippen LogP contribution >= 0.6 is 11.6 Å². The molecule has 6 heteroatoms. The van der Waals surface area contributed by atoms with Gasteiger partial charge in [-0.05, 0) is 48.7 Å². The lowest BCUT2D eigenvalue weighted by molar-refractivity contribution is -0.118. The highest BCUT2D eigenvalue weighted by Gasteiger charge is 2.26. The first kappa shape index (κ1) is 19.8. The lowest BCUT2D eigenvalue weighted by Gasteiger charge is -2.22. The van der Waals surface area contributed by atoms with E-state index in [1.54, 1.807) is 42.5 Å². The summed E-state index contributed by atoms with van der Waals surface area (Å²) in [5, 5.41) is 6.26. The van der Waals surface area contributed by atoms with E-state index in [9.17, 15) is 9.59 Å². The van der Waals surface area contributed by atoms with E-state index in [4.69, 9.17) is 16.3 Å². The molecule has 0 radical (unpaired) electrons. The predicted molar refractivity (Wildman–Crippen MR) is 104 cm³/mol. The SMILES string of the molecule is COc1ccccc1C(=O)NC(C(=O)Nc1ccc(Cl)cc1C)C(C)C. The van der Waals surface area contributed by atoms with Crippen molar-refractivity contribution in [2.75, 3.05) is 12.4 Å². The summed E-state index contributed by atoms with van der Waals surface area (Å²) >= 11 is 5.95. The summed E-state index contributed by atoms with van der Waals surface area (Å²) in [6, 6.07) is 11.4. The number of ether oxygens (including phenoxy) is 1. The maximum atomic E-state index is 12.7. The fourth-order valence-electron chi connectivity index (χ4n) is 2.56. The second-order valence-corrected chi connectivity index (χ2v) is 6.78. The molecular weight excluding hydrogens is 352 g/mol. The molecule has 2 aromatic carbocycles. The molecule has 0 spiro atoms. The first-order valence-electron chi connectivity index (χ1n) is 8.34. The van der Waals surface area contributed by atoms with Crippen LogP contribution in [0.1, 0.15) is 29.8 Å². The van der Waals surface area contributed by atoms with Gasteiger partial charge in [-0.25, -0.2) is 0 Å². The van der Waals surface area contributed by atoms with Crippen LogP contribution in [0.25, 0.3) is 0 Å². The fourth-order valence-corrected chi connectivity index (χ4v) is 2.79. The Bertz CT molecular complexity index is 805. The topological polar surface area (TPSA) is 67.4 Å².